The molecule has 1 aliphatic carbocycles. The highest BCUT2D eigenvalue weighted by atomic mass is 16.4. The largest absolute Gasteiger partial charge is 0.505 e. The van der Waals surface area contributed by atoms with Crippen molar-refractivity contribution in [3.63, 3.8) is 0 Å². The number of rotatable bonds is 5. The van der Waals surface area contributed by atoms with Crippen molar-refractivity contribution in [2.24, 2.45) is 10.2 Å². The number of hydrazone groups is 2. The van der Waals surface area contributed by atoms with Crippen LogP contribution in [-0.2, 0) is 16.6 Å². The second-order valence-corrected chi connectivity index (χ2v) is 9.69. The summed E-state index contributed by atoms with van der Waals surface area (Å²) in [5.41, 5.74) is 8.05. The minimum Gasteiger partial charge on any atom is -0.505 e. The summed E-state index contributed by atoms with van der Waals surface area (Å²) in [6.45, 7) is 6.12. The van der Waals surface area contributed by atoms with E-state index in [2.05, 4.69) is 35.5 Å². The highest BCUT2D eigenvalue weighted by Crippen LogP contribution is 2.40. The van der Waals surface area contributed by atoms with E-state index < -0.39 is 5.97 Å². The summed E-state index contributed by atoms with van der Waals surface area (Å²) in [5, 5.41) is 30.2. The number of carboxylic acid groups (broad SMARTS) is 1. The van der Waals surface area contributed by atoms with Crippen LogP contribution >= 0.6 is 0 Å². The van der Waals surface area contributed by atoms with Crippen molar-refractivity contribution < 1.29 is 19.8 Å². The third-order valence-corrected chi connectivity index (χ3v) is 6.82. The maximum atomic E-state index is 13.2. The number of benzene rings is 3. The summed E-state index contributed by atoms with van der Waals surface area (Å²) >= 11 is 0. The van der Waals surface area contributed by atoms with Crippen LogP contribution in [0, 0.1) is 0 Å². The summed E-state index contributed by atoms with van der Waals surface area (Å²) < 4.78 is 0. The van der Waals surface area contributed by atoms with Gasteiger partial charge < -0.3 is 10.2 Å². The molecule has 3 N–H and O–H groups in total. The molecule has 0 unspecified atom stereocenters. The molecule has 182 valence electrons. The second-order valence-electron chi connectivity index (χ2n) is 9.69. The van der Waals surface area contributed by atoms with Crippen molar-refractivity contribution in [1.29, 1.82) is 0 Å². The maximum absolute atomic E-state index is 13.2. The first-order valence-corrected chi connectivity index (χ1v) is 11.7. The van der Waals surface area contributed by atoms with E-state index in [1.165, 1.54) is 28.3 Å². The average Bonchev–Trinajstić information content (AvgIpc) is 3.32. The lowest BCUT2D eigenvalue weighted by atomic mass is 9.86. The van der Waals surface area contributed by atoms with Crippen molar-refractivity contribution in [1.82, 2.24) is 0 Å². The molecular weight excluding hydrogens is 456 g/mol. The molecule has 8 nitrogen and oxygen atoms in total. The third-order valence-electron chi connectivity index (χ3n) is 6.82. The number of carbonyl (C=O) groups is 2. The van der Waals surface area contributed by atoms with E-state index in [0.29, 0.717) is 22.5 Å². The molecule has 0 atom stereocenters. The minimum absolute atomic E-state index is 0.0534. The van der Waals surface area contributed by atoms with Gasteiger partial charge >= 0.3 is 11.9 Å². The van der Waals surface area contributed by atoms with E-state index in [4.69, 9.17) is 0 Å². The Hall–Kier alpha value is -4.46. The van der Waals surface area contributed by atoms with Crippen molar-refractivity contribution in [2.75, 3.05) is 10.4 Å². The average molecular weight is 483 g/mol. The van der Waals surface area contributed by atoms with Gasteiger partial charge in [0.1, 0.15) is 5.75 Å². The van der Waals surface area contributed by atoms with Gasteiger partial charge in [-0.2, -0.15) is 15.2 Å². The van der Waals surface area contributed by atoms with E-state index in [0.717, 1.165) is 12.8 Å². The standard InChI is InChI=1S/C28H26N4O4/c1-16-24(26(34)32(31-16)20-11-10-17-12-13-28(2,3)22(17)15-20)30-29-23-9-5-8-21(25(23)33)18-6-4-7-19(14-18)27(35)36/h4-11,14-15,29,33H,12-13H2,1-3H3,(H,35,36)/b30-24-. The van der Waals surface area contributed by atoms with Gasteiger partial charge in [0, 0.05) is 5.56 Å². The van der Waals surface area contributed by atoms with E-state index in [9.17, 15) is 19.8 Å². The van der Waals surface area contributed by atoms with Gasteiger partial charge in [-0.05, 0) is 72.2 Å². The molecule has 0 bridgehead atoms. The first kappa shape index (κ1) is 23.3. The number of para-hydroxylation sites is 1. The number of hydrogen-bond donors (Lipinski definition) is 3. The Morgan fingerprint density at radius 3 is 2.67 bits per heavy atom. The molecule has 0 radical (unpaired) electrons. The van der Waals surface area contributed by atoms with Crippen LogP contribution in [-0.4, -0.2) is 33.5 Å². The van der Waals surface area contributed by atoms with E-state index in [-0.39, 0.29) is 34.0 Å². The number of nitrogens with zero attached hydrogens (tertiary/aromatic N) is 3. The van der Waals surface area contributed by atoms with Crippen LogP contribution in [0.3, 0.4) is 0 Å². The van der Waals surface area contributed by atoms with Crippen LogP contribution in [0.4, 0.5) is 11.4 Å². The highest BCUT2D eigenvalue weighted by Gasteiger charge is 2.34. The number of aromatic hydroxyl groups is 1. The lowest BCUT2D eigenvalue weighted by molar-refractivity contribution is -0.112. The molecule has 8 heteroatoms. The molecule has 3 aromatic rings. The van der Waals surface area contributed by atoms with E-state index >= 15 is 0 Å². The zero-order chi connectivity index (χ0) is 25.6. The number of carbonyl (C=O) groups excluding carboxylic acids is 1. The number of carboxylic acids is 1. The number of aryl methyl sites for hydroxylation is 1. The number of phenolic OH excluding ortho intramolecular Hbond substituents is 1. The Kier molecular flexibility index (Phi) is 5.59. The van der Waals surface area contributed by atoms with Gasteiger partial charge in [0.15, 0.2) is 5.71 Å². The smallest absolute Gasteiger partial charge is 0.335 e. The molecular formula is C28H26N4O4. The topological polar surface area (TPSA) is 115 Å². The SMILES string of the molecule is CC1=NN(c2ccc3c(c2)C(C)(C)CC3)C(=O)/C1=N\Nc1cccc(-c2cccc(C(=O)O)c2)c1O. The van der Waals surface area contributed by atoms with Gasteiger partial charge in [-0.25, -0.2) is 4.79 Å². The van der Waals surface area contributed by atoms with Crippen LogP contribution in [0.2, 0.25) is 0 Å². The Bertz CT molecular complexity index is 1470. The molecule has 0 saturated carbocycles. The molecule has 2 aliphatic rings. The van der Waals surface area contributed by atoms with Crippen molar-refractivity contribution >= 4 is 34.7 Å². The number of nitrogens with one attached hydrogen (secondary N) is 1. The first-order chi connectivity index (χ1) is 17.2. The third kappa shape index (κ3) is 4.00. The first-order valence-electron chi connectivity index (χ1n) is 11.7. The summed E-state index contributed by atoms with van der Waals surface area (Å²) in [4.78, 5) is 24.5. The zero-order valence-electron chi connectivity index (χ0n) is 20.2. The van der Waals surface area contributed by atoms with Crippen LogP contribution < -0.4 is 10.4 Å². The minimum atomic E-state index is -1.05. The number of phenols is 1. The zero-order valence-corrected chi connectivity index (χ0v) is 20.2. The Morgan fingerprint density at radius 1 is 1.11 bits per heavy atom. The Labute approximate surface area is 208 Å². The number of amides is 1. The number of hydrogen-bond acceptors (Lipinski definition) is 6. The van der Waals surface area contributed by atoms with Gasteiger partial charge in [-0.3, -0.25) is 10.2 Å². The fourth-order valence-electron chi connectivity index (χ4n) is 4.73. The molecule has 0 aromatic heterocycles. The Morgan fingerprint density at radius 2 is 1.89 bits per heavy atom. The molecule has 3 aromatic carbocycles. The van der Waals surface area contributed by atoms with Gasteiger partial charge in [-0.1, -0.05) is 44.2 Å². The van der Waals surface area contributed by atoms with Gasteiger partial charge in [0.05, 0.1) is 22.6 Å². The lowest BCUT2D eigenvalue weighted by Crippen LogP contribution is -2.28. The quantitative estimate of drug-likeness (QED) is 0.343. The molecule has 0 fully saturated rings. The van der Waals surface area contributed by atoms with Gasteiger partial charge in [0.2, 0.25) is 0 Å². The lowest BCUT2D eigenvalue weighted by Gasteiger charge is -2.21. The second kappa shape index (κ2) is 8.64. The van der Waals surface area contributed by atoms with Crippen molar-refractivity contribution in [3.05, 3.63) is 77.4 Å². The molecule has 1 aliphatic heterocycles. The van der Waals surface area contributed by atoms with Crippen molar-refractivity contribution in [3.8, 4) is 16.9 Å². The molecule has 1 heterocycles. The van der Waals surface area contributed by atoms with Crippen LogP contribution in [0.15, 0.2) is 70.9 Å². The molecule has 1 amide bonds. The van der Waals surface area contributed by atoms with Crippen LogP contribution in [0.5, 0.6) is 5.75 Å². The summed E-state index contributed by atoms with van der Waals surface area (Å²) in [6.07, 6.45) is 2.10. The van der Waals surface area contributed by atoms with E-state index in [1.807, 2.05) is 12.1 Å². The van der Waals surface area contributed by atoms with E-state index in [1.54, 1.807) is 37.3 Å². The van der Waals surface area contributed by atoms with Crippen LogP contribution in [0.1, 0.15) is 48.7 Å². The normalized spacial score (nSPS) is 17.3. The fourth-order valence-corrected chi connectivity index (χ4v) is 4.73. The molecule has 5 rings (SSSR count). The number of anilines is 2. The van der Waals surface area contributed by atoms with Crippen molar-refractivity contribution in [2.45, 2.75) is 39.0 Å². The number of fused-ring (bicyclic) bond motifs is 1. The van der Waals surface area contributed by atoms with Crippen LogP contribution in [0.25, 0.3) is 11.1 Å². The fraction of sp³-hybridized carbons (Fsp3) is 0.214. The molecule has 36 heavy (non-hydrogen) atoms. The molecule has 0 saturated heterocycles. The predicted octanol–water partition coefficient (Wildman–Crippen LogP) is 5.17. The van der Waals surface area contributed by atoms with Gasteiger partial charge in [0.25, 0.3) is 0 Å². The highest BCUT2D eigenvalue weighted by molar-refractivity contribution is 6.71. The monoisotopic (exact) mass is 482 g/mol. The summed E-state index contributed by atoms with van der Waals surface area (Å²) in [6, 6.07) is 17.3. The molecule has 0 spiro atoms. The summed E-state index contributed by atoms with van der Waals surface area (Å²) in [5.74, 6) is -1.52. The predicted molar refractivity (Wildman–Crippen MR) is 140 cm³/mol. The Balaban J connectivity index is 1.41. The number of aromatic carboxylic acids is 1. The maximum Gasteiger partial charge on any atom is 0.335 e. The summed E-state index contributed by atoms with van der Waals surface area (Å²) in [7, 11) is 0. The van der Waals surface area contributed by atoms with Gasteiger partial charge in [-0.15, -0.1) is 0 Å².